The van der Waals surface area contributed by atoms with E-state index in [1.54, 1.807) is 0 Å². The van der Waals surface area contributed by atoms with Crippen LogP contribution in [0.3, 0.4) is 0 Å². The van der Waals surface area contributed by atoms with E-state index in [2.05, 4.69) is 10.3 Å². The van der Waals surface area contributed by atoms with Crippen molar-refractivity contribution < 1.29 is 9.72 Å². The second kappa shape index (κ2) is 2.87. The minimum absolute atomic E-state index is 0.0945. The smallest absolute Gasteiger partial charge is 0.271 e. The van der Waals surface area contributed by atoms with Crippen LogP contribution in [0.4, 0.5) is 5.69 Å². The van der Waals surface area contributed by atoms with Crippen LogP contribution in [0.2, 0.25) is 0 Å². The van der Waals surface area contributed by atoms with E-state index in [1.807, 2.05) is 0 Å². The summed E-state index contributed by atoms with van der Waals surface area (Å²) in [6, 6.07) is 4.01. The van der Waals surface area contributed by atoms with Gasteiger partial charge < -0.3 is 0 Å². The number of nitro benzene ring substituents is 1. The lowest BCUT2D eigenvalue weighted by Crippen LogP contribution is -1.96. The fourth-order valence-electron chi connectivity index (χ4n) is 1.12. The van der Waals surface area contributed by atoms with Gasteiger partial charge in [-0.15, -0.1) is 5.10 Å². The number of carbonyl (C=O) groups excluding carboxylic acids is 1. The van der Waals surface area contributed by atoms with Gasteiger partial charge in [0.1, 0.15) is 11.0 Å². The summed E-state index contributed by atoms with van der Waals surface area (Å²) < 4.78 is 0.947. The minimum atomic E-state index is -0.540. The third-order valence-electron chi connectivity index (χ3n) is 1.77. The first-order valence-corrected chi connectivity index (χ1v) is 3.67. The summed E-state index contributed by atoms with van der Waals surface area (Å²) in [6.07, 6.45) is 0.444. The molecule has 0 atom stereocenters. The number of hydrogen-bond acceptors (Lipinski definition) is 5. The Morgan fingerprint density at radius 1 is 1.50 bits per heavy atom. The molecule has 1 heterocycles. The molecule has 7 nitrogen and oxygen atoms in total. The highest BCUT2D eigenvalue weighted by Crippen LogP contribution is 2.17. The van der Waals surface area contributed by atoms with Gasteiger partial charge in [-0.1, -0.05) is 5.21 Å². The van der Waals surface area contributed by atoms with Crippen molar-refractivity contribution in [3.05, 3.63) is 28.3 Å². The lowest BCUT2D eigenvalue weighted by Gasteiger charge is -1.91. The number of fused-ring (bicyclic) bond motifs is 1. The first-order chi connectivity index (χ1) is 6.72. The zero-order valence-electron chi connectivity index (χ0n) is 6.82. The number of carbonyl (C=O) groups is 1. The van der Waals surface area contributed by atoms with Gasteiger partial charge in [0, 0.05) is 12.1 Å². The zero-order valence-corrected chi connectivity index (χ0v) is 6.82. The highest BCUT2D eigenvalue weighted by molar-refractivity contribution is 5.81. The normalized spacial score (nSPS) is 10.3. The summed E-state index contributed by atoms with van der Waals surface area (Å²) in [6.45, 7) is 0. The predicted octanol–water partition coefficient (Wildman–Crippen LogP) is 0.378. The molecule has 0 N–H and O–H groups in total. The topological polar surface area (TPSA) is 90.9 Å². The Kier molecular flexibility index (Phi) is 1.70. The predicted molar refractivity (Wildman–Crippen MR) is 46.3 cm³/mol. The molecule has 0 spiro atoms. The monoisotopic (exact) mass is 192 g/mol. The van der Waals surface area contributed by atoms with Gasteiger partial charge in [-0.2, -0.15) is 4.68 Å². The molecule has 7 heteroatoms. The average Bonchev–Trinajstić information content (AvgIpc) is 2.59. The third kappa shape index (κ3) is 1.11. The van der Waals surface area contributed by atoms with E-state index in [9.17, 15) is 14.9 Å². The maximum Gasteiger partial charge on any atom is 0.271 e. The Morgan fingerprint density at radius 2 is 2.29 bits per heavy atom. The van der Waals surface area contributed by atoms with Crippen molar-refractivity contribution in [1.29, 1.82) is 0 Å². The lowest BCUT2D eigenvalue weighted by atomic mass is 10.3. The molecule has 0 aliphatic carbocycles. The Morgan fingerprint density at radius 3 is 2.93 bits per heavy atom. The number of nitrogens with zero attached hydrogens (tertiary/aromatic N) is 4. The van der Waals surface area contributed by atoms with Gasteiger partial charge in [0.25, 0.3) is 5.69 Å². The minimum Gasteiger partial charge on any atom is -0.276 e. The van der Waals surface area contributed by atoms with E-state index in [4.69, 9.17) is 0 Å². The van der Waals surface area contributed by atoms with Gasteiger partial charge in [-0.25, -0.2) is 0 Å². The van der Waals surface area contributed by atoms with Gasteiger partial charge in [0.05, 0.1) is 4.92 Å². The van der Waals surface area contributed by atoms with E-state index >= 15 is 0 Å². The van der Waals surface area contributed by atoms with Crippen LogP contribution in [0.15, 0.2) is 18.2 Å². The van der Waals surface area contributed by atoms with Crippen LogP contribution in [-0.4, -0.2) is 26.3 Å². The van der Waals surface area contributed by atoms with Crippen LogP contribution in [0.1, 0.15) is 0 Å². The molecular formula is C7H4N4O3. The Balaban J connectivity index is 2.73. The number of rotatable bonds is 2. The van der Waals surface area contributed by atoms with Crippen molar-refractivity contribution in [2.24, 2.45) is 0 Å². The van der Waals surface area contributed by atoms with Crippen molar-refractivity contribution in [2.45, 2.75) is 0 Å². The fraction of sp³-hybridized carbons (Fsp3) is 0. The SMILES string of the molecule is O=Cn1nnc2ccc([N+](=O)[O-])cc21. The molecule has 1 aromatic heterocycles. The molecule has 70 valence electrons. The number of nitro groups is 1. The van der Waals surface area contributed by atoms with E-state index in [0.29, 0.717) is 17.4 Å². The Bertz CT molecular complexity index is 519. The van der Waals surface area contributed by atoms with E-state index in [-0.39, 0.29) is 5.69 Å². The van der Waals surface area contributed by atoms with Crippen LogP contribution in [0.5, 0.6) is 0 Å². The van der Waals surface area contributed by atoms with Gasteiger partial charge >= 0.3 is 0 Å². The summed E-state index contributed by atoms with van der Waals surface area (Å²) in [7, 11) is 0. The summed E-state index contributed by atoms with van der Waals surface area (Å²) >= 11 is 0. The molecule has 0 unspecified atom stereocenters. The molecule has 0 amide bonds. The fourth-order valence-corrected chi connectivity index (χ4v) is 1.12. The standard InChI is InChI=1S/C7H4N4O3/c12-4-10-7-3-5(11(13)14)1-2-6(7)8-9-10/h1-4H. The van der Waals surface area contributed by atoms with Gasteiger partial charge in [-0.05, 0) is 6.07 Å². The van der Waals surface area contributed by atoms with Crippen LogP contribution in [0, 0.1) is 10.1 Å². The lowest BCUT2D eigenvalue weighted by molar-refractivity contribution is -0.384. The van der Waals surface area contributed by atoms with Gasteiger partial charge in [0.2, 0.25) is 6.41 Å². The summed E-state index contributed by atoms with van der Waals surface area (Å²) in [5.41, 5.74) is 0.680. The highest BCUT2D eigenvalue weighted by atomic mass is 16.6. The molecule has 0 radical (unpaired) electrons. The number of aromatic nitrogens is 3. The third-order valence-corrected chi connectivity index (χ3v) is 1.77. The van der Waals surface area contributed by atoms with E-state index in [0.717, 1.165) is 4.68 Å². The van der Waals surface area contributed by atoms with Crippen LogP contribution < -0.4 is 0 Å². The van der Waals surface area contributed by atoms with Crippen molar-refractivity contribution in [3.8, 4) is 0 Å². The molecule has 0 saturated carbocycles. The summed E-state index contributed by atoms with van der Waals surface area (Å²) in [4.78, 5) is 20.3. The number of hydrogen-bond donors (Lipinski definition) is 0. The molecule has 0 saturated heterocycles. The molecule has 14 heavy (non-hydrogen) atoms. The number of non-ortho nitro benzene ring substituents is 1. The quantitative estimate of drug-likeness (QED) is 0.389. The van der Waals surface area contributed by atoms with Crippen LogP contribution >= 0.6 is 0 Å². The molecule has 0 fully saturated rings. The van der Waals surface area contributed by atoms with Crippen molar-refractivity contribution in [3.63, 3.8) is 0 Å². The Labute approximate surface area is 77.1 Å². The molecule has 2 rings (SSSR count). The second-order valence-corrected chi connectivity index (χ2v) is 2.57. The molecule has 0 aliphatic heterocycles. The maximum absolute atomic E-state index is 10.5. The molecule has 0 bridgehead atoms. The molecular weight excluding hydrogens is 188 g/mol. The summed E-state index contributed by atoms with van der Waals surface area (Å²) in [5, 5.41) is 17.6. The van der Waals surface area contributed by atoms with Crippen LogP contribution in [-0.2, 0) is 4.79 Å². The first-order valence-electron chi connectivity index (χ1n) is 3.67. The molecule has 0 aliphatic rings. The number of benzene rings is 1. The van der Waals surface area contributed by atoms with Crippen LogP contribution in [0.25, 0.3) is 11.0 Å². The van der Waals surface area contributed by atoms with Crippen molar-refractivity contribution in [1.82, 2.24) is 15.0 Å². The Hall–Kier alpha value is -2.31. The molecule has 1 aromatic carbocycles. The van der Waals surface area contributed by atoms with Crippen molar-refractivity contribution >= 4 is 23.1 Å². The molecule has 2 aromatic rings. The largest absolute Gasteiger partial charge is 0.276 e. The zero-order chi connectivity index (χ0) is 10.1. The average molecular weight is 192 g/mol. The van der Waals surface area contributed by atoms with E-state index in [1.165, 1.54) is 18.2 Å². The second-order valence-electron chi connectivity index (χ2n) is 2.57. The summed E-state index contributed by atoms with van der Waals surface area (Å²) in [5.74, 6) is 0. The maximum atomic E-state index is 10.5. The highest BCUT2D eigenvalue weighted by Gasteiger charge is 2.10. The van der Waals surface area contributed by atoms with Gasteiger partial charge in [-0.3, -0.25) is 14.9 Å². The van der Waals surface area contributed by atoms with E-state index < -0.39 is 4.92 Å². The first kappa shape index (κ1) is 8.30. The van der Waals surface area contributed by atoms with Gasteiger partial charge in [0.15, 0.2) is 0 Å². The van der Waals surface area contributed by atoms with Crippen molar-refractivity contribution in [2.75, 3.05) is 0 Å².